The van der Waals surface area contributed by atoms with Crippen LogP contribution in [0.3, 0.4) is 0 Å². The van der Waals surface area contributed by atoms with Crippen LogP contribution in [-0.4, -0.2) is 19.9 Å². The van der Waals surface area contributed by atoms with Crippen molar-refractivity contribution in [3.63, 3.8) is 0 Å². The van der Waals surface area contributed by atoms with Gasteiger partial charge in [-0.3, -0.25) is 0 Å². The van der Waals surface area contributed by atoms with Crippen molar-refractivity contribution < 1.29 is 0 Å². The minimum absolute atomic E-state index is 0.704. The lowest BCUT2D eigenvalue weighted by Gasteiger charge is -2.14. The monoisotopic (exact) mass is 586 g/mol. The van der Waals surface area contributed by atoms with Gasteiger partial charge in [0.1, 0.15) is 0 Å². The van der Waals surface area contributed by atoms with Gasteiger partial charge in [0.05, 0.1) is 33.6 Å². The Hall–Kier alpha value is -6.26. The molecule has 0 saturated heterocycles. The molecule has 0 saturated carbocycles. The van der Waals surface area contributed by atoms with Crippen LogP contribution < -0.4 is 0 Å². The first-order valence-corrected chi connectivity index (χ1v) is 15.4. The van der Waals surface area contributed by atoms with E-state index in [2.05, 4.69) is 109 Å². The quantitative estimate of drug-likeness (QED) is 0.193. The number of benzene rings is 6. The van der Waals surface area contributed by atoms with Crippen LogP contribution in [0.1, 0.15) is 0 Å². The highest BCUT2D eigenvalue weighted by Gasteiger charge is 2.16. The summed E-state index contributed by atoms with van der Waals surface area (Å²) in [5, 5.41) is 5.35. The van der Waals surface area contributed by atoms with E-state index in [1.54, 1.807) is 0 Å². The molecule has 0 amide bonds. The SMILES string of the molecule is c1ccc(-c2ccc3ccc4ccc(-c5ccc(-c6nc(-c7ccccc7)c7ccccc7n6)c6ccccc56)nc4c3n2)cc1. The number of para-hydroxylation sites is 1. The molecule has 46 heavy (non-hydrogen) atoms. The molecule has 0 aliphatic rings. The Bertz CT molecular complexity index is 2580. The Morgan fingerprint density at radius 3 is 1.57 bits per heavy atom. The molecular formula is C42H26N4. The maximum Gasteiger partial charge on any atom is 0.161 e. The molecule has 0 aliphatic carbocycles. The Kier molecular flexibility index (Phi) is 6.10. The van der Waals surface area contributed by atoms with Gasteiger partial charge >= 0.3 is 0 Å². The third-order valence-corrected chi connectivity index (χ3v) is 8.68. The second-order valence-electron chi connectivity index (χ2n) is 11.5. The van der Waals surface area contributed by atoms with Crippen LogP contribution in [0.4, 0.5) is 0 Å². The summed E-state index contributed by atoms with van der Waals surface area (Å²) in [6, 6.07) is 54.3. The molecular weight excluding hydrogens is 560 g/mol. The fourth-order valence-electron chi connectivity index (χ4n) is 6.42. The molecule has 9 aromatic rings. The van der Waals surface area contributed by atoms with Gasteiger partial charge in [-0.2, -0.15) is 0 Å². The lowest BCUT2D eigenvalue weighted by molar-refractivity contribution is 1.23. The van der Waals surface area contributed by atoms with E-state index in [4.69, 9.17) is 19.9 Å². The Morgan fingerprint density at radius 2 is 0.848 bits per heavy atom. The lowest BCUT2D eigenvalue weighted by atomic mass is 9.96. The van der Waals surface area contributed by atoms with Gasteiger partial charge in [0.25, 0.3) is 0 Å². The number of nitrogens with zero attached hydrogens (tertiary/aromatic N) is 4. The largest absolute Gasteiger partial charge is 0.245 e. The van der Waals surface area contributed by atoms with E-state index >= 15 is 0 Å². The summed E-state index contributed by atoms with van der Waals surface area (Å²) in [6.07, 6.45) is 0. The van der Waals surface area contributed by atoms with Crippen molar-refractivity contribution in [2.75, 3.05) is 0 Å². The van der Waals surface area contributed by atoms with Crippen LogP contribution in [0.2, 0.25) is 0 Å². The highest BCUT2D eigenvalue weighted by atomic mass is 14.9. The van der Waals surface area contributed by atoms with Gasteiger partial charge in [0.2, 0.25) is 0 Å². The predicted octanol–water partition coefficient (Wildman–Crippen LogP) is 10.5. The van der Waals surface area contributed by atoms with Crippen LogP contribution >= 0.6 is 0 Å². The summed E-state index contributed by atoms with van der Waals surface area (Å²) in [5.41, 5.74) is 9.69. The minimum Gasteiger partial charge on any atom is -0.245 e. The first-order valence-electron chi connectivity index (χ1n) is 15.4. The highest BCUT2D eigenvalue weighted by molar-refractivity contribution is 6.07. The molecule has 0 bridgehead atoms. The standard InChI is InChI=1S/C42H26N4/c1-3-11-27(12-4-1)36-25-21-29-19-20-30-22-26-38(44-41(30)40(29)43-36)33-23-24-34(32-16-8-7-15-31(32)33)42-45-37-18-10-9-17-35(37)39(46-42)28-13-5-2-6-14-28/h1-26H. The number of hydrogen-bond donors (Lipinski definition) is 0. The van der Waals surface area contributed by atoms with Gasteiger partial charge in [0.15, 0.2) is 5.82 Å². The van der Waals surface area contributed by atoms with E-state index in [0.717, 1.165) is 82.8 Å². The summed E-state index contributed by atoms with van der Waals surface area (Å²) in [5.74, 6) is 0.704. The number of fused-ring (bicyclic) bond motifs is 5. The van der Waals surface area contributed by atoms with Crippen LogP contribution in [-0.2, 0) is 0 Å². The van der Waals surface area contributed by atoms with Crippen molar-refractivity contribution in [2.24, 2.45) is 0 Å². The fourth-order valence-corrected chi connectivity index (χ4v) is 6.42. The van der Waals surface area contributed by atoms with Gasteiger partial charge in [-0.25, -0.2) is 19.9 Å². The van der Waals surface area contributed by atoms with Gasteiger partial charge < -0.3 is 0 Å². The van der Waals surface area contributed by atoms with Crippen molar-refractivity contribution in [3.05, 3.63) is 158 Å². The van der Waals surface area contributed by atoms with E-state index in [1.165, 1.54) is 0 Å². The van der Waals surface area contributed by atoms with E-state index < -0.39 is 0 Å². The van der Waals surface area contributed by atoms with Crippen LogP contribution in [0.5, 0.6) is 0 Å². The lowest BCUT2D eigenvalue weighted by Crippen LogP contribution is -1.96. The van der Waals surface area contributed by atoms with E-state index in [1.807, 2.05) is 48.5 Å². The molecule has 4 heteroatoms. The maximum atomic E-state index is 5.26. The Labute approximate surface area is 265 Å². The van der Waals surface area contributed by atoms with Crippen molar-refractivity contribution in [1.29, 1.82) is 0 Å². The second kappa shape index (κ2) is 10.7. The summed E-state index contributed by atoms with van der Waals surface area (Å²) in [4.78, 5) is 20.6. The van der Waals surface area contributed by atoms with Gasteiger partial charge in [-0.15, -0.1) is 0 Å². The number of hydrogen-bond acceptors (Lipinski definition) is 4. The molecule has 0 radical (unpaired) electrons. The van der Waals surface area contributed by atoms with Crippen molar-refractivity contribution in [1.82, 2.24) is 19.9 Å². The summed E-state index contributed by atoms with van der Waals surface area (Å²) in [6.45, 7) is 0. The number of pyridine rings is 2. The molecule has 4 nitrogen and oxygen atoms in total. The molecule has 0 N–H and O–H groups in total. The molecule has 3 heterocycles. The number of rotatable bonds is 4. The molecule has 214 valence electrons. The molecule has 0 fully saturated rings. The van der Waals surface area contributed by atoms with E-state index in [0.29, 0.717) is 5.82 Å². The van der Waals surface area contributed by atoms with Gasteiger partial charge in [-0.05, 0) is 35.0 Å². The fraction of sp³-hybridized carbons (Fsp3) is 0. The number of aromatic nitrogens is 4. The van der Waals surface area contributed by atoms with Gasteiger partial charge in [-0.1, -0.05) is 133 Å². The van der Waals surface area contributed by atoms with E-state index in [-0.39, 0.29) is 0 Å². The zero-order valence-electron chi connectivity index (χ0n) is 24.8. The molecule has 0 spiro atoms. The average Bonchev–Trinajstić information content (AvgIpc) is 3.14. The molecule has 3 aromatic heterocycles. The first kappa shape index (κ1) is 26.2. The molecule has 9 rings (SSSR count). The average molecular weight is 587 g/mol. The van der Waals surface area contributed by atoms with E-state index in [9.17, 15) is 0 Å². The highest BCUT2D eigenvalue weighted by Crippen LogP contribution is 2.37. The summed E-state index contributed by atoms with van der Waals surface area (Å²) >= 11 is 0. The molecule has 0 atom stereocenters. The smallest absolute Gasteiger partial charge is 0.161 e. The zero-order chi connectivity index (χ0) is 30.5. The van der Waals surface area contributed by atoms with Crippen molar-refractivity contribution in [3.8, 4) is 45.2 Å². The van der Waals surface area contributed by atoms with Crippen LogP contribution in [0.25, 0.3) is 88.6 Å². The Morgan fingerprint density at radius 1 is 0.326 bits per heavy atom. The minimum atomic E-state index is 0.704. The van der Waals surface area contributed by atoms with Crippen molar-refractivity contribution >= 4 is 43.5 Å². The molecule has 6 aromatic carbocycles. The Balaban J connectivity index is 1.23. The van der Waals surface area contributed by atoms with Crippen molar-refractivity contribution in [2.45, 2.75) is 0 Å². The summed E-state index contributed by atoms with van der Waals surface area (Å²) in [7, 11) is 0. The zero-order valence-corrected chi connectivity index (χ0v) is 24.8. The third kappa shape index (κ3) is 4.39. The van der Waals surface area contributed by atoms with Crippen LogP contribution in [0, 0.1) is 0 Å². The summed E-state index contributed by atoms with van der Waals surface area (Å²) < 4.78 is 0. The predicted molar refractivity (Wildman–Crippen MR) is 189 cm³/mol. The van der Waals surface area contributed by atoms with Crippen LogP contribution in [0.15, 0.2) is 158 Å². The van der Waals surface area contributed by atoms with Gasteiger partial charge in [0, 0.05) is 38.4 Å². The molecule has 0 unspecified atom stereocenters. The molecule has 0 aliphatic heterocycles. The first-order chi connectivity index (χ1) is 22.8. The third-order valence-electron chi connectivity index (χ3n) is 8.68. The second-order valence-corrected chi connectivity index (χ2v) is 11.5. The maximum absolute atomic E-state index is 5.26. The normalized spacial score (nSPS) is 11.5. The topological polar surface area (TPSA) is 51.6 Å².